The molecule has 0 aliphatic heterocycles. The summed E-state index contributed by atoms with van der Waals surface area (Å²) in [4.78, 5) is 12.4. The molecule has 0 bridgehead atoms. The molecule has 0 aliphatic carbocycles. The van der Waals surface area contributed by atoms with Crippen LogP contribution >= 0.6 is 0 Å². The molecular formula is C15H20N4O. The smallest absolute Gasteiger partial charge is 0.270 e. The van der Waals surface area contributed by atoms with Gasteiger partial charge in [-0.2, -0.15) is 10.5 Å². The van der Waals surface area contributed by atoms with Gasteiger partial charge in [0, 0.05) is 28.7 Å². The van der Waals surface area contributed by atoms with Crippen molar-refractivity contribution in [2.45, 2.75) is 52.5 Å². The summed E-state index contributed by atoms with van der Waals surface area (Å²) >= 11 is 0. The lowest BCUT2D eigenvalue weighted by Gasteiger charge is -2.18. The molecule has 1 heterocycles. The average Bonchev–Trinajstić information content (AvgIpc) is 2.70. The van der Waals surface area contributed by atoms with E-state index in [4.69, 9.17) is 10.5 Å². The van der Waals surface area contributed by atoms with Gasteiger partial charge < -0.3 is 0 Å². The zero-order valence-corrected chi connectivity index (χ0v) is 12.4. The van der Waals surface area contributed by atoms with Gasteiger partial charge in [0.1, 0.15) is 0 Å². The first-order chi connectivity index (χ1) is 9.31. The monoisotopic (exact) mass is 272 g/mol. The first-order valence-electron chi connectivity index (χ1n) is 6.57. The second kappa shape index (κ2) is 6.25. The highest BCUT2D eigenvalue weighted by Gasteiger charge is 2.23. The molecule has 0 aliphatic rings. The Morgan fingerprint density at radius 2 is 2.05 bits per heavy atom. The molecular weight excluding hydrogens is 252 g/mol. The fraction of sp³-hybridized carbons (Fsp3) is 0.533. The van der Waals surface area contributed by atoms with E-state index in [-0.39, 0.29) is 11.0 Å². The summed E-state index contributed by atoms with van der Waals surface area (Å²) in [6.07, 6.45) is 2.48. The second-order valence-electron chi connectivity index (χ2n) is 5.79. The van der Waals surface area contributed by atoms with Crippen LogP contribution in [0.4, 0.5) is 0 Å². The predicted octanol–water partition coefficient (Wildman–Crippen LogP) is 2.40. The second-order valence-corrected chi connectivity index (χ2v) is 5.79. The van der Waals surface area contributed by atoms with Crippen LogP contribution < -0.4 is 5.56 Å². The number of nitrogens with one attached hydrogen (secondary N) is 1. The Morgan fingerprint density at radius 1 is 1.40 bits per heavy atom. The molecule has 0 fully saturated rings. The molecule has 0 spiro atoms. The third-order valence-electron chi connectivity index (χ3n) is 3.05. The quantitative estimate of drug-likeness (QED) is 0.854. The molecule has 0 unspecified atom stereocenters. The Kier molecular flexibility index (Phi) is 4.94. The Bertz CT molecular complexity index is 641. The van der Waals surface area contributed by atoms with Gasteiger partial charge in [-0.1, -0.05) is 20.8 Å². The third-order valence-corrected chi connectivity index (χ3v) is 3.05. The molecule has 1 aromatic heterocycles. The molecule has 5 nitrogen and oxygen atoms in total. The van der Waals surface area contributed by atoms with Gasteiger partial charge in [0.2, 0.25) is 0 Å². The Hall–Kier alpha value is -2.27. The van der Waals surface area contributed by atoms with E-state index >= 15 is 0 Å². The summed E-state index contributed by atoms with van der Waals surface area (Å²) < 4.78 is 1.49. The zero-order chi connectivity index (χ0) is 15.3. The minimum Gasteiger partial charge on any atom is -0.299 e. The molecule has 0 saturated carbocycles. The summed E-state index contributed by atoms with van der Waals surface area (Å²) in [5.74, 6) is 0. The Morgan fingerprint density at radius 3 is 2.55 bits per heavy atom. The summed E-state index contributed by atoms with van der Waals surface area (Å²) in [5, 5.41) is 20.6. The number of allylic oxidation sites excluding steroid dienone is 2. The lowest BCUT2D eigenvalue weighted by atomic mass is 9.88. The summed E-state index contributed by atoms with van der Waals surface area (Å²) in [6, 6.07) is 4.10. The molecule has 1 aromatic rings. The van der Waals surface area contributed by atoms with Crippen molar-refractivity contribution >= 4 is 0 Å². The molecule has 1 rings (SSSR count). The predicted molar refractivity (Wildman–Crippen MR) is 77.1 cm³/mol. The molecule has 5 heteroatoms. The minimum absolute atomic E-state index is 0.104. The van der Waals surface area contributed by atoms with E-state index in [9.17, 15) is 4.79 Å². The standard InChI is InChI=1S/C15H20N4O/c1-11(10-17)7-9-19-14(20)12(6-5-8-16)13(18-19)15(2,3)4/h7,18H,5-6,9H2,1-4H3. The number of H-pyrrole nitrogens is 1. The lowest BCUT2D eigenvalue weighted by Crippen LogP contribution is -2.19. The van der Waals surface area contributed by atoms with E-state index in [0.29, 0.717) is 30.5 Å². The van der Waals surface area contributed by atoms with Gasteiger partial charge in [0.15, 0.2) is 0 Å². The highest BCUT2D eigenvalue weighted by Crippen LogP contribution is 2.23. The van der Waals surface area contributed by atoms with Gasteiger partial charge in [-0.25, -0.2) is 4.68 Å². The van der Waals surface area contributed by atoms with E-state index in [1.807, 2.05) is 26.8 Å². The highest BCUT2D eigenvalue weighted by molar-refractivity contribution is 5.25. The fourth-order valence-corrected chi connectivity index (χ4v) is 1.96. The Labute approximate surface area is 119 Å². The van der Waals surface area contributed by atoms with Crippen LogP contribution in [-0.4, -0.2) is 9.78 Å². The van der Waals surface area contributed by atoms with Crippen LogP contribution in [0.15, 0.2) is 16.4 Å². The summed E-state index contributed by atoms with van der Waals surface area (Å²) in [7, 11) is 0. The van der Waals surface area contributed by atoms with Gasteiger partial charge >= 0.3 is 0 Å². The van der Waals surface area contributed by atoms with Gasteiger partial charge in [-0.15, -0.1) is 0 Å². The molecule has 106 valence electrons. The average molecular weight is 272 g/mol. The van der Waals surface area contributed by atoms with E-state index in [2.05, 4.69) is 11.2 Å². The molecule has 0 radical (unpaired) electrons. The summed E-state index contributed by atoms with van der Waals surface area (Å²) in [6.45, 7) is 8.11. The van der Waals surface area contributed by atoms with Crippen molar-refractivity contribution in [3.63, 3.8) is 0 Å². The molecule has 20 heavy (non-hydrogen) atoms. The molecule has 0 atom stereocenters. The van der Waals surface area contributed by atoms with Crippen LogP contribution in [0.5, 0.6) is 0 Å². The van der Waals surface area contributed by atoms with Crippen LogP contribution in [0.3, 0.4) is 0 Å². The first-order valence-corrected chi connectivity index (χ1v) is 6.57. The number of hydrogen-bond acceptors (Lipinski definition) is 3. The van der Waals surface area contributed by atoms with Crippen molar-refractivity contribution in [1.29, 1.82) is 10.5 Å². The fourth-order valence-electron chi connectivity index (χ4n) is 1.96. The number of aromatic amines is 1. The van der Waals surface area contributed by atoms with Crippen LogP contribution in [0.2, 0.25) is 0 Å². The van der Waals surface area contributed by atoms with Gasteiger partial charge in [0.25, 0.3) is 5.56 Å². The van der Waals surface area contributed by atoms with Crippen molar-refractivity contribution in [2.75, 3.05) is 0 Å². The summed E-state index contributed by atoms with van der Waals surface area (Å²) in [5.41, 5.74) is 1.81. The number of hydrogen-bond donors (Lipinski definition) is 1. The van der Waals surface area contributed by atoms with Crippen molar-refractivity contribution < 1.29 is 0 Å². The first kappa shape index (κ1) is 15.8. The lowest BCUT2D eigenvalue weighted by molar-refractivity contribution is 0.541. The molecule has 1 N–H and O–H groups in total. The topological polar surface area (TPSA) is 85.4 Å². The Balaban J connectivity index is 3.24. The van der Waals surface area contributed by atoms with Crippen molar-refractivity contribution in [1.82, 2.24) is 9.78 Å². The van der Waals surface area contributed by atoms with Gasteiger partial charge in [0.05, 0.1) is 18.7 Å². The van der Waals surface area contributed by atoms with E-state index in [1.54, 1.807) is 13.0 Å². The number of nitriles is 2. The van der Waals surface area contributed by atoms with Crippen LogP contribution in [0.25, 0.3) is 0 Å². The van der Waals surface area contributed by atoms with Crippen molar-refractivity contribution in [3.8, 4) is 12.1 Å². The van der Waals surface area contributed by atoms with Crippen LogP contribution in [0, 0.1) is 22.7 Å². The van der Waals surface area contributed by atoms with Crippen LogP contribution in [0.1, 0.15) is 45.4 Å². The van der Waals surface area contributed by atoms with Crippen LogP contribution in [-0.2, 0) is 18.4 Å². The largest absolute Gasteiger partial charge is 0.299 e. The normalized spacial score (nSPS) is 12.0. The van der Waals surface area contributed by atoms with Crippen molar-refractivity contribution in [3.05, 3.63) is 33.3 Å². The maximum Gasteiger partial charge on any atom is 0.270 e. The molecule has 0 saturated heterocycles. The molecule has 0 aromatic carbocycles. The SMILES string of the molecule is CC(C#N)=CCn1[nH]c(C(C)(C)C)c(CCC#N)c1=O. The van der Waals surface area contributed by atoms with E-state index < -0.39 is 0 Å². The van der Waals surface area contributed by atoms with E-state index in [1.165, 1.54) is 4.68 Å². The van der Waals surface area contributed by atoms with E-state index in [0.717, 1.165) is 5.69 Å². The number of rotatable bonds is 4. The number of aromatic nitrogens is 2. The maximum absolute atomic E-state index is 12.4. The minimum atomic E-state index is -0.191. The van der Waals surface area contributed by atoms with Gasteiger partial charge in [-0.3, -0.25) is 9.89 Å². The third kappa shape index (κ3) is 3.61. The number of nitrogens with zero attached hydrogens (tertiary/aromatic N) is 3. The zero-order valence-electron chi connectivity index (χ0n) is 12.4. The van der Waals surface area contributed by atoms with Gasteiger partial charge in [-0.05, 0) is 19.4 Å². The highest BCUT2D eigenvalue weighted by atomic mass is 16.1. The maximum atomic E-state index is 12.4. The van der Waals surface area contributed by atoms with Crippen molar-refractivity contribution in [2.24, 2.45) is 0 Å². The molecule has 0 amide bonds.